The lowest BCUT2D eigenvalue weighted by molar-refractivity contribution is -0.120. The summed E-state index contributed by atoms with van der Waals surface area (Å²) < 4.78 is 0. The third-order valence-corrected chi connectivity index (χ3v) is 4.06. The predicted molar refractivity (Wildman–Crippen MR) is 85.3 cm³/mol. The minimum atomic E-state index is -0.150. The zero-order valence-electron chi connectivity index (χ0n) is 10.9. The summed E-state index contributed by atoms with van der Waals surface area (Å²) in [6, 6.07) is 7.55. The molecule has 108 valence electrons. The first kappa shape index (κ1) is 18.6. The van der Waals surface area contributed by atoms with Gasteiger partial charge in [0.15, 0.2) is 0 Å². The summed E-state index contributed by atoms with van der Waals surface area (Å²) in [6.07, 6.45) is 1.86. The van der Waals surface area contributed by atoms with E-state index in [-0.39, 0.29) is 23.6 Å². The minimum Gasteiger partial charge on any atom is -0.355 e. The van der Waals surface area contributed by atoms with Crippen LogP contribution in [0, 0.1) is 0 Å². The van der Waals surface area contributed by atoms with E-state index in [0.717, 1.165) is 17.7 Å². The van der Waals surface area contributed by atoms with Crippen molar-refractivity contribution in [3.8, 4) is 0 Å². The van der Waals surface area contributed by atoms with Crippen molar-refractivity contribution in [2.24, 2.45) is 5.73 Å². The van der Waals surface area contributed by atoms with Crippen molar-refractivity contribution in [2.75, 3.05) is 13.1 Å². The summed E-state index contributed by atoms with van der Waals surface area (Å²) in [6.45, 7) is 3.23. The number of carbonyl (C=O) groups is 1. The molecule has 0 spiro atoms. The van der Waals surface area contributed by atoms with Gasteiger partial charge in [0, 0.05) is 11.4 Å². The number of amides is 1. The van der Waals surface area contributed by atoms with Crippen LogP contribution >= 0.6 is 35.8 Å². The highest BCUT2D eigenvalue weighted by molar-refractivity contribution is 8.00. The fraction of sp³-hybridized carbons (Fsp3) is 0.462. The Balaban J connectivity index is 0.00000324. The van der Waals surface area contributed by atoms with E-state index in [1.54, 1.807) is 0 Å². The molecular weight excluding hydrogens is 303 g/mol. The van der Waals surface area contributed by atoms with Crippen molar-refractivity contribution < 1.29 is 4.79 Å². The highest BCUT2D eigenvalue weighted by Gasteiger charge is 2.14. The van der Waals surface area contributed by atoms with Crippen LogP contribution in [0.1, 0.15) is 19.8 Å². The lowest BCUT2D eigenvalue weighted by atomic mass is 10.3. The number of thioether (sulfide) groups is 1. The number of hydrogen-bond acceptors (Lipinski definition) is 3. The summed E-state index contributed by atoms with van der Waals surface area (Å²) in [5.74, 6) is 0.0388. The van der Waals surface area contributed by atoms with Gasteiger partial charge in [-0.2, -0.15) is 0 Å². The summed E-state index contributed by atoms with van der Waals surface area (Å²) in [5.41, 5.74) is 5.39. The zero-order valence-corrected chi connectivity index (χ0v) is 13.3. The van der Waals surface area contributed by atoms with Gasteiger partial charge in [-0.15, -0.1) is 24.2 Å². The lowest BCUT2D eigenvalue weighted by Crippen LogP contribution is -2.31. The van der Waals surface area contributed by atoms with E-state index in [9.17, 15) is 4.79 Å². The lowest BCUT2D eigenvalue weighted by Gasteiger charge is -2.12. The van der Waals surface area contributed by atoms with Gasteiger partial charge < -0.3 is 11.1 Å². The van der Waals surface area contributed by atoms with Crippen molar-refractivity contribution in [1.82, 2.24) is 5.32 Å². The molecule has 0 aromatic heterocycles. The maximum atomic E-state index is 11.8. The monoisotopic (exact) mass is 322 g/mol. The van der Waals surface area contributed by atoms with Crippen LogP contribution < -0.4 is 11.1 Å². The molecule has 0 fully saturated rings. The fourth-order valence-electron chi connectivity index (χ4n) is 1.41. The third kappa shape index (κ3) is 7.06. The third-order valence-electron chi connectivity index (χ3n) is 2.44. The van der Waals surface area contributed by atoms with E-state index in [0.29, 0.717) is 18.1 Å². The Morgan fingerprint density at radius 1 is 1.42 bits per heavy atom. The number of benzene rings is 1. The SMILES string of the molecule is CC(Sc1ccccc1Cl)C(=O)NCCCCN.Cl. The molecule has 3 N–H and O–H groups in total. The molecule has 0 aliphatic heterocycles. The van der Waals surface area contributed by atoms with Gasteiger partial charge in [0.2, 0.25) is 5.91 Å². The van der Waals surface area contributed by atoms with E-state index in [2.05, 4.69) is 5.32 Å². The van der Waals surface area contributed by atoms with Crippen LogP contribution in [0.2, 0.25) is 5.02 Å². The molecule has 0 radical (unpaired) electrons. The number of rotatable bonds is 7. The van der Waals surface area contributed by atoms with Crippen LogP contribution in [0.3, 0.4) is 0 Å². The number of hydrogen-bond donors (Lipinski definition) is 2. The van der Waals surface area contributed by atoms with Crippen molar-refractivity contribution in [3.05, 3.63) is 29.3 Å². The molecule has 0 aliphatic carbocycles. The van der Waals surface area contributed by atoms with Gasteiger partial charge in [0.05, 0.1) is 10.3 Å². The van der Waals surface area contributed by atoms with Crippen LogP contribution in [0.15, 0.2) is 29.2 Å². The van der Waals surface area contributed by atoms with Gasteiger partial charge in [-0.1, -0.05) is 23.7 Å². The molecule has 6 heteroatoms. The van der Waals surface area contributed by atoms with Crippen molar-refractivity contribution in [3.63, 3.8) is 0 Å². The molecule has 0 aliphatic rings. The molecule has 0 heterocycles. The molecule has 1 amide bonds. The molecule has 19 heavy (non-hydrogen) atoms. The second kappa shape index (κ2) is 10.4. The standard InChI is InChI=1S/C13H19ClN2OS.ClH/c1-10(13(17)16-9-5-4-8-15)18-12-7-3-2-6-11(12)14;/h2-3,6-7,10H,4-5,8-9,15H2,1H3,(H,16,17);1H. The maximum absolute atomic E-state index is 11.8. The first-order valence-electron chi connectivity index (χ1n) is 6.04. The Labute approximate surface area is 130 Å². The van der Waals surface area contributed by atoms with E-state index < -0.39 is 0 Å². The average Bonchev–Trinajstić information content (AvgIpc) is 2.37. The average molecular weight is 323 g/mol. The van der Waals surface area contributed by atoms with E-state index >= 15 is 0 Å². The Bertz CT molecular complexity index is 391. The summed E-state index contributed by atoms with van der Waals surface area (Å²) in [4.78, 5) is 12.7. The molecule has 0 saturated heterocycles. The summed E-state index contributed by atoms with van der Waals surface area (Å²) in [5, 5.41) is 3.43. The number of carbonyl (C=O) groups excluding carboxylic acids is 1. The molecule has 1 rings (SSSR count). The summed E-state index contributed by atoms with van der Waals surface area (Å²) in [7, 11) is 0. The Hall–Kier alpha value is -0.420. The molecule has 3 nitrogen and oxygen atoms in total. The molecule has 1 aromatic carbocycles. The van der Waals surface area contributed by atoms with Crippen LogP contribution in [-0.2, 0) is 4.79 Å². The minimum absolute atomic E-state index is 0. The summed E-state index contributed by atoms with van der Waals surface area (Å²) >= 11 is 7.53. The molecule has 1 unspecified atom stereocenters. The second-order valence-corrected chi connectivity index (χ2v) is 5.77. The maximum Gasteiger partial charge on any atom is 0.233 e. The van der Waals surface area contributed by atoms with Crippen LogP contribution in [0.4, 0.5) is 0 Å². The fourth-order valence-corrected chi connectivity index (χ4v) is 2.59. The van der Waals surface area contributed by atoms with Gasteiger partial charge in [-0.05, 0) is 38.4 Å². The number of unbranched alkanes of at least 4 members (excludes halogenated alkanes) is 1. The quantitative estimate of drug-likeness (QED) is 0.599. The smallest absolute Gasteiger partial charge is 0.233 e. The van der Waals surface area contributed by atoms with E-state index in [4.69, 9.17) is 17.3 Å². The normalized spacial score (nSPS) is 11.5. The van der Waals surface area contributed by atoms with Crippen LogP contribution in [-0.4, -0.2) is 24.2 Å². The Morgan fingerprint density at radius 2 is 2.11 bits per heavy atom. The van der Waals surface area contributed by atoms with E-state index in [1.807, 2.05) is 31.2 Å². The second-order valence-electron chi connectivity index (χ2n) is 3.98. The number of nitrogens with one attached hydrogen (secondary N) is 1. The van der Waals surface area contributed by atoms with Gasteiger partial charge >= 0.3 is 0 Å². The number of nitrogens with two attached hydrogens (primary N) is 1. The topological polar surface area (TPSA) is 55.1 Å². The first-order chi connectivity index (χ1) is 8.65. The van der Waals surface area contributed by atoms with Crippen LogP contribution in [0.5, 0.6) is 0 Å². The van der Waals surface area contributed by atoms with Crippen molar-refractivity contribution >= 4 is 41.7 Å². The van der Waals surface area contributed by atoms with E-state index in [1.165, 1.54) is 11.8 Å². The molecule has 0 saturated carbocycles. The van der Waals surface area contributed by atoms with Crippen molar-refractivity contribution in [2.45, 2.75) is 29.9 Å². The zero-order chi connectivity index (χ0) is 13.4. The Morgan fingerprint density at radius 3 is 2.74 bits per heavy atom. The van der Waals surface area contributed by atoms with Gasteiger partial charge in [0.25, 0.3) is 0 Å². The predicted octanol–water partition coefficient (Wildman–Crippen LogP) is 3.10. The largest absolute Gasteiger partial charge is 0.355 e. The highest BCUT2D eigenvalue weighted by Crippen LogP contribution is 2.29. The van der Waals surface area contributed by atoms with Crippen LogP contribution in [0.25, 0.3) is 0 Å². The molecular formula is C13H20Cl2N2OS. The van der Waals surface area contributed by atoms with Gasteiger partial charge in [-0.3, -0.25) is 4.79 Å². The first-order valence-corrected chi connectivity index (χ1v) is 7.30. The molecule has 1 atom stereocenters. The van der Waals surface area contributed by atoms with Gasteiger partial charge in [-0.25, -0.2) is 0 Å². The number of halogens is 2. The Kier molecular flexibility index (Phi) is 10.1. The van der Waals surface area contributed by atoms with Crippen molar-refractivity contribution in [1.29, 1.82) is 0 Å². The molecule has 1 aromatic rings. The molecule has 0 bridgehead atoms. The van der Waals surface area contributed by atoms with Gasteiger partial charge in [0.1, 0.15) is 0 Å². The highest BCUT2D eigenvalue weighted by atomic mass is 35.5.